The van der Waals surface area contributed by atoms with E-state index in [-0.39, 0.29) is 18.1 Å². The molecule has 0 aliphatic heterocycles. The number of halogens is 3. The van der Waals surface area contributed by atoms with Gasteiger partial charge in [0.15, 0.2) is 6.61 Å². The van der Waals surface area contributed by atoms with Gasteiger partial charge in [0.05, 0.1) is 23.5 Å². The van der Waals surface area contributed by atoms with Crippen molar-refractivity contribution in [1.82, 2.24) is 10.4 Å². The van der Waals surface area contributed by atoms with E-state index in [0.717, 1.165) is 0 Å². The van der Waals surface area contributed by atoms with Crippen molar-refractivity contribution in [2.75, 3.05) is 13.7 Å². The molecule has 0 fully saturated rings. The number of aryl methyl sites for hydroxylation is 1. The summed E-state index contributed by atoms with van der Waals surface area (Å²) in [6.07, 6.45) is 1.34. The molecule has 3 aromatic rings. The first-order valence-electron chi connectivity index (χ1n) is 9.42. The number of rotatable bonds is 8. The lowest BCUT2D eigenvalue weighted by Crippen LogP contribution is -2.25. The highest BCUT2D eigenvalue weighted by atomic mass is 79.9. The van der Waals surface area contributed by atoms with Gasteiger partial charge < -0.3 is 13.9 Å². The number of carbonyl (C=O) groups is 1. The average molecular weight is 552 g/mol. The van der Waals surface area contributed by atoms with Crippen molar-refractivity contribution in [2.45, 2.75) is 13.5 Å². The standard InChI is InChI=1S/C22H17BrCl2N4O4/c1-12-21(23)17(10-31-2)16(8-26)22(28-12)32-11-20(30)29-27-9-14-4-6-19(33-14)15-5-3-13(24)7-18(15)25/h3-7,9H,10-11H2,1-2H3,(H,29,30). The van der Waals surface area contributed by atoms with Gasteiger partial charge in [-0.1, -0.05) is 23.2 Å². The summed E-state index contributed by atoms with van der Waals surface area (Å²) in [5, 5.41) is 14.3. The monoisotopic (exact) mass is 550 g/mol. The number of carbonyl (C=O) groups excluding carboxylic acids is 1. The molecule has 11 heteroatoms. The van der Waals surface area contributed by atoms with Crippen LogP contribution in [0.4, 0.5) is 0 Å². The number of nitrogens with zero attached hydrogens (tertiary/aromatic N) is 3. The van der Waals surface area contributed by atoms with Crippen molar-refractivity contribution in [2.24, 2.45) is 5.10 Å². The first-order valence-corrected chi connectivity index (χ1v) is 11.0. The lowest BCUT2D eigenvalue weighted by atomic mass is 10.1. The number of aromatic nitrogens is 1. The van der Waals surface area contributed by atoms with Crippen LogP contribution in [0.15, 0.2) is 44.3 Å². The van der Waals surface area contributed by atoms with E-state index in [1.54, 1.807) is 37.3 Å². The van der Waals surface area contributed by atoms with Gasteiger partial charge in [0.25, 0.3) is 5.91 Å². The zero-order chi connectivity index (χ0) is 24.0. The number of nitriles is 1. The summed E-state index contributed by atoms with van der Waals surface area (Å²) < 4.78 is 16.9. The number of hydrazone groups is 1. The predicted molar refractivity (Wildman–Crippen MR) is 127 cm³/mol. The van der Waals surface area contributed by atoms with Gasteiger partial charge in [0, 0.05) is 27.7 Å². The minimum atomic E-state index is -0.543. The Bertz CT molecular complexity index is 1250. The first-order chi connectivity index (χ1) is 15.8. The fourth-order valence-corrected chi connectivity index (χ4v) is 3.71. The second-order valence-corrected chi connectivity index (χ2v) is 8.26. The number of hydrogen-bond acceptors (Lipinski definition) is 7. The van der Waals surface area contributed by atoms with Crippen molar-refractivity contribution in [1.29, 1.82) is 5.26 Å². The number of nitrogens with one attached hydrogen (secondary N) is 1. The van der Waals surface area contributed by atoms with Gasteiger partial charge in [-0.3, -0.25) is 4.79 Å². The van der Waals surface area contributed by atoms with Crippen molar-refractivity contribution in [3.05, 3.63) is 67.4 Å². The van der Waals surface area contributed by atoms with E-state index in [4.69, 9.17) is 37.1 Å². The van der Waals surface area contributed by atoms with E-state index >= 15 is 0 Å². The number of benzene rings is 1. The Labute approximate surface area is 208 Å². The summed E-state index contributed by atoms with van der Waals surface area (Å²) in [6.45, 7) is 1.54. The smallest absolute Gasteiger partial charge is 0.278 e. The van der Waals surface area contributed by atoms with Crippen LogP contribution >= 0.6 is 39.1 Å². The maximum absolute atomic E-state index is 12.1. The third-order valence-electron chi connectivity index (χ3n) is 4.31. The van der Waals surface area contributed by atoms with Crippen LogP contribution < -0.4 is 10.2 Å². The normalized spacial score (nSPS) is 10.9. The molecule has 2 aromatic heterocycles. The Morgan fingerprint density at radius 3 is 2.85 bits per heavy atom. The third-order valence-corrected chi connectivity index (χ3v) is 5.91. The Morgan fingerprint density at radius 1 is 1.36 bits per heavy atom. The quantitative estimate of drug-likeness (QED) is 0.302. The number of ether oxygens (including phenoxy) is 2. The van der Waals surface area contributed by atoms with E-state index in [1.807, 2.05) is 6.07 Å². The van der Waals surface area contributed by atoms with Crippen LogP contribution in [0.3, 0.4) is 0 Å². The Hall–Kier alpha value is -2.90. The first kappa shape index (κ1) is 24.7. The highest BCUT2D eigenvalue weighted by Crippen LogP contribution is 2.31. The Morgan fingerprint density at radius 2 is 2.15 bits per heavy atom. The van der Waals surface area contributed by atoms with Crippen molar-refractivity contribution < 1.29 is 18.7 Å². The molecule has 170 valence electrons. The van der Waals surface area contributed by atoms with Gasteiger partial charge in [-0.2, -0.15) is 10.4 Å². The molecular weight excluding hydrogens is 535 g/mol. The molecule has 1 N–H and O–H groups in total. The van der Waals surface area contributed by atoms with Crippen LogP contribution in [0.5, 0.6) is 5.88 Å². The summed E-state index contributed by atoms with van der Waals surface area (Å²) in [4.78, 5) is 16.3. The lowest BCUT2D eigenvalue weighted by Gasteiger charge is -2.13. The molecule has 0 atom stereocenters. The van der Waals surface area contributed by atoms with Gasteiger partial charge in [0.1, 0.15) is 23.2 Å². The average Bonchev–Trinajstić information content (AvgIpc) is 3.24. The molecular formula is C22H17BrCl2N4O4. The highest BCUT2D eigenvalue weighted by Gasteiger charge is 2.18. The molecule has 0 aliphatic carbocycles. The largest absolute Gasteiger partial charge is 0.467 e. The Kier molecular flexibility index (Phi) is 8.47. The van der Waals surface area contributed by atoms with Gasteiger partial charge in [-0.25, -0.2) is 10.4 Å². The molecule has 0 aliphatic rings. The summed E-state index contributed by atoms with van der Waals surface area (Å²) in [6, 6.07) is 10.5. The second kappa shape index (κ2) is 11.3. The lowest BCUT2D eigenvalue weighted by molar-refractivity contribution is -0.123. The molecule has 33 heavy (non-hydrogen) atoms. The van der Waals surface area contributed by atoms with Crippen molar-refractivity contribution >= 4 is 51.3 Å². The van der Waals surface area contributed by atoms with Gasteiger partial charge in [0.2, 0.25) is 5.88 Å². The number of amides is 1. The minimum absolute atomic E-state index is 0.0416. The summed E-state index contributed by atoms with van der Waals surface area (Å²) in [7, 11) is 1.52. The molecule has 8 nitrogen and oxygen atoms in total. The van der Waals surface area contributed by atoms with Gasteiger partial charge in [-0.05, 0) is 53.2 Å². The van der Waals surface area contributed by atoms with Crippen molar-refractivity contribution in [3.63, 3.8) is 0 Å². The molecule has 1 aromatic carbocycles. The van der Waals surface area contributed by atoms with Crippen LogP contribution in [0.2, 0.25) is 10.0 Å². The van der Waals surface area contributed by atoms with Crippen LogP contribution in [0, 0.1) is 18.3 Å². The number of methoxy groups -OCH3 is 1. The van der Waals surface area contributed by atoms with Crippen LogP contribution in [-0.2, 0) is 16.1 Å². The molecule has 3 rings (SSSR count). The zero-order valence-corrected chi connectivity index (χ0v) is 20.6. The van der Waals surface area contributed by atoms with Crippen molar-refractivity contribution in [3.8, 4) is 23.3 Å². The molecule has 0 bridgehead atoms. The number of hydrogen-bond donors (Lipinski definition) is 1. The van der Waals surface area contributed by atoms with Crippen LogP contribution in [-0.4, -0.2) is 30.8 Å². The highest BCUT2D eigenvalue weighted by molar-refractivity contribution is 9.10. The minimum Gasteiger partial charge on any atom is -0.467 e. The summed E-state index contributed by atoms with van der Waals surface area (Å²) in [5.74, 6) is 0.428. The van der Waals surface area contributed by atoms with E-state index in [0.29, 0.717) is 42.9 Å². The zero-order valence-electron chi connectivity index (χ0n) is 17.5. The summed E-state index contributed by atoms with van der Waals surface area (Å²) in [5.41, 5.74) is 4.39. The Balaban J connectivity index is 1.62. The summed E-state index contributed by atoms with van der Waals surface area (Å²) >= 11 is 15.5. The van der Waals surface area contributed by atoms with E-state index in [2.05, 4.69) is 31.4 Å². The predicted octanol–water partition coefficient (Wildman–Crippen LogP) is 5.27. The maximum Gasteiger partial charge on any atom is 0.278 e. The second-order valence-electron chi connectivity index (χ2n) is 6.62. The third kappa shape index (κ3) is 6.12. The van der Waals surface area contributed by atoms with Crippen LogP contribution in [0.25, 0.3) is 11.3 Å². The van der Waals surface area contributed by atoms with Gasteiger partial charge >= 0.3 is 0 Å². The van der Waals surface area contributed by atoms with Crippen LogP contribution in [0.1, 0.15) is 22.6 Å². The molecule has 0 radical (unpaired) electrons. The molecule has 2 heterocycles. The molecule has 0 unspecified atom stereocenters. The van der Waals surface area contributed by atoms with E-state index in [9.17, 15) is 10.1 Å². The number of pyridine rings is 1. The SMILES string of the molecule is COCc1c(Br)c(C)nc(OCC(=O)NN=Cc2ccc(-c3ccc(Cl)cc3Cl)o2)c1C#N. The molecule has 0 saturated carbocycles. The fraction of sp³-hybridized carbons (Fsp3) is 0.182. The van der Waals surface area contributed by atoms with E-state index in [1.165, 1.54) is 13.3 Å². The number of furan rings is 1. The maximum atomic E-state index is 12.1. The van der Waals surface area contributed by atoms with E-state index < -0.39 is 12.5 Å². The fourth-order valence-electron chi connectivity index (χ4n) is 2.80. The topological polar surface area (TPSA) is 110 Å². The molecule has 0 spiro atoms. The molecule has 0 saturated heterocycles. The molecule has 1 amide bonds. The van der Waals surface area contributed by atoms with Gasteiger partial charge in [-0.15, -0.1) is 0 Å².